The molecule has 1 aliphatic carbocycles. The van der Waals surface area contributed by atoms with E-state index >= 15 is 0 Å². The first-order chi connectivity index (χ1) is 11.7. The lowest BCUT2D eigenvalue weighted by Gasteiger charge is -2.35. The number of hydrogen-bond acceptors (Lipinski definition) is 4. The molecule has 0 saturated carbocycles. The third-order valence-corrected chi connectivity index (χ3v) is 5.31. The number of carbonyl (C=O) groups is 1. The first-order valence-electron chi connectivity index (χ1n) is 8.33. The van der Waals surface area contributed by atoms with Gasteiger partial charge < -0.3 is 15.3 Å². The van der Waals surface area contributed by atoms with Crippen LogP contribution >= 0.6 is 11.3 Å². The number of benzene rings is 1. The molecule has 3 rings (SSSR count). The fourth-order valence-corrected chi connectivity index (χ4v) is 4.04. The van der Waals surface area contributed by atoms with Gasteiger partial charge in [0.05, 0.1) is 24.2 Å². The summed E-state index contributed by atoms with van der Waals surface area (Å²) in [5.41, 5.74) is 2.52. The van der Waals surface area contributed by atoms with Gasteiger partial charge in [-0.25, -0.2) is 9.78 Å². The summed E-state index contributed by atoms with van der Waals surface area (Å²) in [6.07, 6.45) is 4.85. The summed E-state index contributed by atoms with van der Waals surface area (Å²) >= 11 is 1.59. The number of carbonyl (C=O) groups excluding carboxylic acids is 1. The van der Waals surface area contributed by atoms with Gasteiger partial charge in [-0.05, 0) is 37.3 Å². The van der Waals surface area contributed by atoms with E-state index in [2.05, 4.69) is 22.4 Å². The molecule has 0 unspecified atom stereocenters. The van der Waals surface area contributed by atoms with Crippen LogP contribution in [0.1, 0.15) is 39.9 Å². The summed E-state index contributed by atoms with van der Waals surface area (Å²) in [5, 5.41) is 13.4. The Bertz CT molecular complexity index is 701. The van der Waals surface area contributed by atoms with Gasteiger partial charge in [0, 0.05) is 17.6 Å². The van der Waals surface area contributed by atoms with Crippen LogP contribution in [-0.4, -0.2) is 34.2 Å². The van der Waals surface area contributed by atoms with Gasteiger partial charge in [-0.1, -0.05) is 24.3 Å². The topological polar surface area (TPSA) is 65.5 Å². The summed E-state index contributed by atoms with van der Waals surface area (Å²) in [5.74, 6) is 0. The average molecular weight is 345 g/mol. The molecular weight excluding hydrogens is 322 g/mol. The Morgan fingerprint density at radius 1 is 1.46 bits per heavy atom. The molecule has 0 aliphatic heterocycles. The zero-order valence-corrected chi connectivity index (χ0v) is 14.7. The maximum absolute atomic E-state index is 12.7. The number of aliphatic hydroxyl groups is 1. The largest absolute Gasteiger partial charge is 0.395 e. The molecule has 0 fully saturated rings. The number of rotatable bonds is 5. The van der Waals surface area contributed by atoms with E-state index in [1.807, 2.05) is 19.1 Å². The Labute approximate surface area is 146 Å². The van der Waals surface area contributed by atoms with Gasteiger partial charge in [-0.15, -0.1) is 11.3 Å². The van der Waals surface area contributed by atoms with Crippen LogP contribution in [0, 0.1) is 6.92 Å². The van der Waals surface area contributed by atoms with E-state index in [0.29, 0.717) is 13.1 Å². The van der Waals surface area contributed by atoms with E-state index < -0.39 is 0 Å². The van der Waals surface area contributed by atoms with E-state index in [1.165, 1.54) is 11.1 Å². The van der Waals surface area contributed by atoms with Crippen molar-refractivity contribution in [3.63, 3.8) is 0 Å². The number of aryl methyl sites for hydroxylation is 2. The standard InChI is InChI=1S/C18H23N3O2S/c1-13-19-11-15(24-13)12-20-18(23)21(9-10-22)17-8-4-6-14-5-2-3-7-16(14)17/h2-3,5,7,11,17,22H,4,6,8-10,12H2,1H3,(H,20,23)/t17-/m1/s1. The summed E-state index contributed by atoms with van der Waals surface area (Å²) in [6.45, 7) is 2.73. The maximum Gasteiger partial charge on any atom is 0.318 e. The number of thiazole rings is 1. The zero-order valence-electron chi connectivity index (χ0n) is 13.9. The highest BCUT2D eigenvalue weighted by Gasteiger charge is 2.28. The van der Waals surface area contributed by atoms with Crippen molar-refractivity contribution in [2.24, 2.45) is 0 Å². The van der Waals surface area contributed by atoms with Gasteiger partial charge in [-0.2, -0.15) is 0 Å². The number of aliphatic hydroxyl groups excluding tert-OH is 1. The second-order valence-electron chi connectivity index (χ2n) is 6.03. The minimum atomic E-state index is -0.128. The highest BCUT2D eigenvalue weighted by molar-refractivity contribution is 7.11. The number of fused-ring (bicyclic) bond motifs is 1. The normalized spacial score (nSPS) is 16.5. The van der Waals surface area contributed by atoms with Crippen LogP contribution in [0.3, 0.4) is 0 Å². The molecule has 2 aromatic rings. The number of aromatic nitrogens is 1. The molecule has 128 valence electrons. The van der Waals surface area contributed by atoms with Gasteiger partial charge in [0.2, 0.25) is 0 Å². The Morgan fingerprint density at radius 2 is 2.29 bits per heavy atom. The van der Waals surface area contributed by atoms with Crippen LogP contribution < -0.4 is 5.32 Å². The fourth-order valence-electron chi connectivity index (χ4n) is 3.31. The first kappa shape index (κ1) is 16.9. The Balaban J connectivity index is 1.73. The molecule has 1 heterocycles. The highest BCUT2D eigenvalue weighted by Crippen LogP contribution is 2.34. The van der Waals surface area contributed by atoms with Crippen LogP contribution in [0.2, 0.25) is 0 Å². The number of nitrogens with one attached hydrogen (secondary N) is 1. The smallest absolute Gasteiger partial charge is 0.318 e. The van der Waals surface area contributed by atoms with Crippen molar-refractivity contribution in [3.05, 3.63) is 51.5 Å². The summed E-state index contributed by atoms with van der Waals surface area (Å²) in [7, 11) is 0. The minimum Gasteiger partial charge on any atom is -0.395 e. The summed E-state index contributed by atoms with van der Waals surface area (Å²) in [4.78, 5) is 19.7. The zero-order chi connectivity index (χ0) is 16.9. The van der Waals surface area contributed by atoms with Crippen LogP contribution in [0.4, 0.5) is 4.79 Å². The van der Waals surface area contributed by atoms with E-state index in [-0.39, 0.29) is 18.7 Å². The predicted octanol–water partition coefficient (Wildman–Crippen LogP) is 3.03. The van der Waals surface area contributed by atoms with Gasteiger partial charge in [0.1, 0.15) is 0 Å². The number of hydrogen-bond donors (Lipinski definition) is 2. The molecule has 24 heavy (non-hydrogen) atoms. The SMILES string of the molecule is Cc1ncc(CNC(=O)N(CCO)[C@@H]2CCCc3ccccc32)s1. The quantitative estimate of drug-likeness (QED) is 0.875. The highest BCUT2D eigenvalue weighted by atomic mass is 32.1. The summed E-state index contributed by atoms with van der Waals surface area (Å²) in [6, 6.07) is 8.21. The molecule has 1 atom stereocenters. The van der Waals surface area contributed by atoms with E-state index in [4.69, 9.17) is 0 Å². The lowest BCUT2D eigenvalue weighted by Crippen LogP contribution is -2.44. The second kappa shape index (κ2) is 7.77. The fraction of sp³-hybridized carbons (Fsp3) is 0.444. The Morgan fingerprint density at radius 3 is 3.04 bits per heavy atom. The summed E-state index contributed by atoms with van der Waals surface area (Å²) < 4.78 is 0. The third-order valence-electron chi connectivity index (χ3n) is 4.40. The van der Waals surface area contributed by atoms with E-state index in [1.54, 1.807) is 22.4 Å². The molecule has 5 nitrogen and oxygen atoms in total. The van der Waals surface area contributed by atoms with Crippen molar-refractivity contribution in [1.82, 2.24) is 15.2 Å². The second-order valence-corrected chi connectivity index (χ2v) is 7.35. The number of nitrogens with zero attached hydrogens (tertiary/aromatic N) is 2. The van der Waals surface area contributed by atoms with Gasteiger partial charge in [0.25, 0.3) is 0 Å². The molecule has 0 bridgehead atoms. The maximum atomic E-state index is 12.7. The number of urea groups is 1. The molecule has 1 aliphatic rings. The van der Waals surface area contributed by atoms with Crippen molar-refractivity contribution in [1.29, 1.82) is 0 Å². The molecule has 6 heteroatoms. The van der Waals surface area contributed by atoms with Crippen molar-refractivity contribution < 1.29 is 9.90 Å². The van der Waals surface area contributed by atoms with E-state index in [9.17, 15) is 9.90 Å². The number of amides is 2. The molecule has 0 radical (unpaired) electrons. The Kier molecular flexibility index (Phi) is 5.48. The Hall–Kier alpha value is -1.92. The van der Waals surface area contributed by atoms with Crippen molar-refractivity contribution in [3.8, 4) is 0 Å². The third kappa shape index (κ3) is 3.76. The van der Waals surface area contributed by atoms with Crippen LogP contribution in [-0.2, 0) is 13.0 Å². The van der Waals surface area contributed by atoms with Crippen molar-refractivity contribution in [2.45, 2.75) is 38.8 Å². The van der Waals surface area contributed by atoms with Gasteiger partial charge in [0.15, 0.2) is 0 Å². The van der Waals surface area contributed by atoms with Crippen molar-refractivity contribution in [2.75, 3.05) is 13.2 Å². The van der Waals surface area contributed by atoms with Crippen molar-refractivity contribution >= 4 is 17.4 Å². The van der Waals surface area contributed by atoms with Crippen LogP contribution in [0.25, 0.3) is 0 Å². The predicted molar refractivity (Wildman–Crippen MR) is 95.0 cm³/mol. The molecule has 2 amide bonds. The lowest BCUT2D eigenvalue weighted by molar-refractivity contribution is 0.144. The minimum absolute atomic E-state index is 0.0327. The molecule has 0 spiro atoms. The van der Waals surface area contributed by atoms with Gasteiger partial charge >= 0.3 is 6.03 Å². The lowest BCUT2D eigenvalue weighted by atomic mass is 9.87. The monoisotopic (exact) mass is 345 g/mol. The molecule has 1 aromatic carbocycles. The molecule has 1 aromatic heterocycles. The molecular formula is C18H23N3O2S. The van der Waals surface area contributed by atoms with Crippen LogP contribution in [0.5, 0.6) is 0 Å². The molecule has 0 saturated heterocycles. The first-order valence-corrected chi connectivity index (χ1v) is 9.15. The van der Waals surface area contributed by atoms with Gasteiger partial charge in [-0.3, -0.25) is 0 Å². The average Bonchev–Trinajstić information content (AvgIpc) is 3.02. The van der Waals surface area contributed by atoms with E-state index in [0.717, 1.165) is 29.1 Å². The van der Waals surface area contributed by atoms with Crippen LogP contribution in [0.15, 0.2) is 30.5 Å². The molecule has 2 N–H and O–H groups in total.